The first-order chi connectivity index (χ1) is 9.94. The van der Waals surface area contributed by atoms with Crippen LogP contribution in [0.25, 0.3) is 0 Å². The van der Waals surface area contributed by atoms with E-state index in [4.69, 9.17) is 8.92 Å². The van der Waals surface area contributed by atoms with E-state index in [9.17, 15) is 8.42 Å². The summed E-state index contributed by atoms with van der Waals surface area (Å²) >= 11 is 0. The van der Waals surface area contributed by atoms with Crippen molar-refractivity contribution in [2.24, 2.45) is 0 Å². The van der Waals surface area contributed by atoms with Crippen LogP contribution in [0.15, 0.2) is 47.4 Å². The van der Waals surface area contributed by atoms with E-state index in [2.05, 4.69) is 0 Å². The van der Waals surface area contributed by atoms with Gasteiger partial charge in [0.05, 0.1) is 7.11 Å². The number of aryl methyl sites for hydroxylation is 2. The minimum Gasteiger partial charge on any atom is -0.497 e. The summed E-state index contributed by atoms with van der Waals surface area (Å²) in [6, 6.07) is 11.6. The molecule has 0 heterocycles. The van der Waals surface area contributed by atoms with E-state index in [0.717, 1.165) is 17.5 Å². The summed E-state index contributed by atoms with van der Waals surface area (Å²) in [7, 11) is -2.31. The number of rotatable bonds is 5. The fourth-order valence-corrected chi connectivity index (χ4v) is 2.91. The van der Waals surface area contributed by atoms with Crippen molar-refractivity contribution < 1.29 is 17.3 Å². The molecule has 0 aliphatic rings. The average Bonchev–Trinajstić information content (AvgIpc) is 2.46. The minimum atomic E-state index is -3.84. The van der Waals surface area contributed by atoms with Crippen LogP contribution in [0.4, 0.5) is 0 Å². The summed E-state index contributed by atoms with van der Waals surface area (Å²) < 4.78 is 34.7. The molecule has 0 atom stereocenters. The third-order valence-electron chi connectivity index (χ3n) is 3.07. The maximum atomic E-state index is 12.2. The van der Waals surface area contributed by atoms with Crippen molar-refractivity contribution in [2.45, 2.75) is 25.2 Å². The van der Waals surface area contributed by atoms with Gasteiger partial charge in [-0.15, -0.1) is 0 Å². The van der Waals surface area contributed by atoms with Crippen LogP contribution in [0, 0.1) is 6.92 Å². The summed E-state index contributed by atoms with van der Waals surface area (Å²) in [4.78, 5) is 0.0999. The summed E-state index contributed by atoms with van der Waals surface area (Å²) in [5.74, 6) is 0.931. The predicted molar refractivity (Wildman–Crippen MR) is 81.4 cm³/mol. The molecule has 0 aliphatic carbocycles. The van der Waals surface area contributed by atoms with Gasteiger partial charge in [0.1, 0.15) is 16.4 Å². The molecule has 0 aliphatic heterocycles. The minimum absolute atomic E-state index is 0.0999. The molecule has 0 bridgehead atoms. The van der Waals surface area contributed by atoms with Gasteiger partial charge in [0, 0.05) is 0 Å². The van der Waals surface area contributed by atoms with Crippen LogP contribution in [0.1, 0.15) is 18.1 Å². The van der Waals surface area contributed by atoms with Crippen molar-refractivity contribution in [3.8, 4) is 11.5 Å². The Kier molecular flexibility index (Phi) is 4.53. The van der Waals surface area contributed by atoms with Crippen molar-refractivity contribution in [1.29, 1.82) is 0 Å². The number of methoxy groups -OCH3 is 1. The molecule has 21 heavy (non-hydrogen) atoms. The Hall–Kier alpha value is -2.01. The van der Waals surface area contributed by atoms with E-state index in [-0.39, 0.29) is 4.90 Å². The van der Waals surface area contributed by atoms with Gasteiger partial charge in [-0.3, -0.25) is 0 Å². The second-order valence-corrected chi connectivity index (χ2v) is 6.27. The molecule has 0 fully saturated rings. The van der Waals surface area contributed by atoms with E-state index >= 15 is 0 Å². The molecule has 0 radical (unpaired) electrons. The van der Waals surface area contributed by atoms with Crippen LogP contribution < -0.4 is 8.92 Å². The number of hydrogen-bond acceptors (Lipinski definition) is 4. The van der Waals surface area contributed by atoms with Crippen molar-refractivity contribution in [1.82, 2.24) is 0 Å². The van der Waals surface area contributed by atoms with E-state index in [1.807, 2.05) is 19.9 Å². The van der Waals surface area contributed by atoms with E-state index in [0.29, 0.717) is 11.5 Å². The number of ether oxygens (including phenoxy) is 1. The summed E-state index contributed by atoms with van der Waals surface area (Å²) in [5, 5.41) is 0. The maximum absolute atomic E-state index is 12.2. The number of benzene rings is 2. The predicted octanol–water partition coefficient (Wildman–Crippen LogP) is 3.33. The second kappa shape index (κ2) is 6.18. The Morgan fingerprint density at radius 1 is 1.00 bits per heavy atom. The summed E-state index contributed by atoms with van der Waals surface area (Å²) in [5.41, 5.74) is 2.00. The molecule has 0 unspecified atom stereocenters. The molecule has 0 spiro atoms. The molecule has 0 amide bonds. The van der Waals surface area contributed by atoms with Crippen LogP contribution in [0.5, 0.6) is 11.5 Å². The fraction of sp³-hybridized carbons (Fsp3) is 0.250. The zero-order valence-electron chi connectivity index (χ0n) is 12.3. The zero-order chi connectivity index (χ0) is 15.5. The third kappa shape index (κ3) is 3.76. The van der Waals surface area contributed by atoms with Crippen molar-refractivity contribution in [3.63, 3.8) is 0 Å². The highest BCUT2D eigenvalue weighted by Crippen LogP contribution is 2.23. The lowest BCUT2D eigenvalue weighted by Crippen LogP contribution is -2.10. The molecule has 0 saturated carbocycles. The molecule has 2 aromatic carbocycles. The van der Waals surface area contributed by atoms with E-state index < -0.39 is 10.1 Å². The first-order valence-corrected chi connectivity index (χ1v) is 8.04. The fourth-order valence-electron chi connectivity index (χ4n) is 1.99. The lowest BCUT2D eigenvalue weighted by molar-refractivity contribution is 0.414. The second-order valence-electron chi connectivity index (χ2n) is 4.72. The summed E-state index contributed by atoms with van der Waals surface area (Å²) in [6.45, 7) is 3.92. The van der Waals surface area contributed by atoms with Gasteiger partial charge < -0.3 is 8.92 Å². The van der Waals surface area contributed by atoms with Crippen LogP contribution in [-0.2, 0) is 16.5 Å². The Morgan fingerprint density at radius 3 is 2.24 bits per heavy atom. The molecule has 0 aromatic heterocycles. The summed E-state index contributed by atoms with van der Waals surface area (Å²) in [6.07, 6.45) is 0.820. The van der Waals surface area contributed by atoms with Gasteiger partial charge in [-0.25, -0.2) is 0 Å². The van der Waals surface area contributed by atoms with Crippen LogP contribution in [-0.4, -0.2) is 15.5 Å². The zero-order valence-corrected chi connectivity index (χ0v) is 13.1. The van der Waals surface area contributed by atoms with Gasteiger partial charge in [0.15, 0.2) is 0 Å². The molecule has 5 heteroatoms. The highest BCUT2D eigenvalue weighted by Gasteiger charge is 2.17. The lowest BCUT2D eigenvalue weighted by Gasteiger charge is -2.10. The third-order valence-corrected chi connectivity index (χ3v) is 4.33. The molecule has 0 N–H and O–H groups in total. The van der Waals surface area contributed by atoms with Crippen LogP contribution >= 0.6 is 0 Å². The number of hydrogen-bond donors (Lipinski definition) is 0. The van der Waals surface area contributed by atoms with Crippen LogP contribution in [0.3, 0.4) is 0 Å². The van der Waals surface area contributed by atoms with Crippen molar-refractivity contribution >= 4 is 10.1 Å². The van der Waals surface area contributed by atoms with Crippen molar-refractivity contribution in [2.75, 3.05) is 7.11 Å². The highest BCUT2D eigenvalue weighted by molar-refractivity contribution is 7.87. The van der Waals surface area contributed by atoms with Gasteiger partial charge in [0.2, 0.25) is 0 Å². The van der Waals surface area contributed by atoms with Gasteiger partial charge >= 0.3 is 10.1 Å². The Bertz CT molecular complexity index is 718. The van der Waals surface area contributed by atoms with Gasteiger partial charge in [0.25, 0.3) is 0 Å². The standard InChI is InChI=1S/C16H18O4S/c1-4-13-9-12(2)10-15(11-13)20-21(17,18)16-7-5-14(19-3)6-8-16/h5-11H,4H2,1-3H3. The van der Waals surface area contributed by atoms with E-state index in [1.54, 1.807) is 24.3 Å². The quantitative estimate of drug-likeness (QED) is 0.795. The van der Waals surface area contributed by atoms with Crippen LogP contribution in [0.2, 0.25) is 0 Å². The highest BCUT2D eigenvalue weighted by atomic mass is 32.2. The topological polar surface area (TPSA) is 52.6 Å². The molecule has 2 rings (SSSR count). The normalized spacial score (nSPS) is 11.2. The molecule has 4 nitrogen and oxygen atoms in total. The van der Waals surface area contributed by atoms with Gasteiger partial charge in [-0.2, -0.15) is 8.42 Å². The first kappa shape index (κ1) is 15.4. The Balaban J connectivity index is 2.30. The monoisotopic (exact) mass is 306 g/mol. The SMILES string of the molecule is CCc1cc(C)cc(OS(=O)(=O)c2ccc(OC)cc2)c1. The molecule has 0 saturated heterocycles. The van der Waals surface area contributed by atoms with Gasteiger partial charge in [-0.1, -0.05) is 13.0 Å². The van der Waals surface area contributed by atoms with Crippen molar-refractivity contribution in [3.05, 3.63) is 53.6 Å². The lowest BCUT2D eigenvalue weighted by atomic mass is 10.1. The largest absolute Gasteiger partial charge is 0.497 e. The maximum Gasteiger partial charge on any atom is 0.339 e. The Morgan fingerprint density at radius 2 is 1.67 bits per heavy atom. The molecular formula is C16H18O4S. The van der Waals surface area contributed by atoms with E-state index in [1.165, 1.54) is 19.2 Å². The molecule has 112 valence electrons. The van der Waals surface area contributed by atoms with Gasteiger partial charge in [-0.05, 0) is 60.9 Å². The smallest absolute Gasteiger partial charge is 0.339 e. The molecule has 2 aromatic rings. The molecular weight excluding hydrogens is 288 g/mol. The Labute approximate surface area is 125 Å². The first-order valence-electron chi connectivity index (χ1n) is 6.63. The average molecular weight is 306 g/mol.